The largest absolute Gasteiger partial charge is 0.398 e. The van der Waals surface area contributed by atoms with E-state index in [1.807, 2.05) is 12.1 Å². The third kappa shape index (κ3) is 3.44. The summed E-state index contributed by atoms with van der Waals surface area (Å²) in [6.07, 6.45) is 0.542. The van der Waals surface area contributed by atoms with Crippen molar-refractivity contribution in [1.82, 2.24) is 5.43 Å². The van der Waals surface area contributed by atoms with Crippen LogP contribution in [0.4, 0.5) is 10.1 Å². The molecule has 0 aliphatic heterocycles. The molecule has 0 fully saturated rings. The topological polar surface area (TPSA) is 64.1 Å². The van der Waals surface area contributed by atoms with Gasteiger partial charge >= 0.3 is 0 Å². The van der Waals surface area contributed by atoms with Gasteiger partial charge in [-0.3, -0.25) is 11.3 Å². The number of hydrogen-bond acceptors (Lipinski definition) is 3. The second kappa shape index (κ2) is 6.02. The van der Waals surface area contributed by atoms with E-state index in [1.165, 1.54) is 12.1 Å². The van der Waals surface area contributed by atoms with Crippen LogP contribution in [0.3, 0.4) is 0 Å². The highest BCUT2D eigenvalue weighted by molar-refractivity contribution is 6.30. The zero-order valence-electron chi connectivity index (χ0n) is 10.2. The Morgan fingerprint density at radius 1 is 1.21 bits per heavy atom. The number of rotatable bonds is 4. The van der Waals surface area contributed by atoms with Crippen LogP contribution in [-0.2, 0) is 6.42 Å². The van der Waals surface area contributed by atoms with E-state index >= 15 is 0 Å². The molecule has 19 heavy (non-hydrogen) atoms. The first kappa shape index (κ1) is 13.8. The average molecular weight is 280 g/mol. The van der Waals surface area contributed by atoms with Gasteiger partial charge in [-0.2, -0.15) is 0 Å². The summed E-state index contributed by atoms with van der Waals surface area (Å²) in [7, 11) is 0. The Morgan fingerprint density at radius 2 is 2.00 bits per heavy atom. The van der Waals surface area contributed by atoms with E-state index in [2.05, 4.69) is 5.43 Å². The second-order valence-electron chi connectivity index (χ2n) is 4.33. The minimum atomic E-state index is -0.266. The summed E-state index contributed by atoms with van der Waals surface area (Å²) in [5.74, 6) is 5.30. The van der Waals surface area contributed by atoms with Crippen molar-refractivity contribution in [3.63, 3.8) is 0 Å². The molecule has 0 saturated carbocycles. The molecular weight excluding hydrogens is 265 g/mol. The summed E-state index contributed by atoms with van der Waals surface area (Å²) in [6, 6.07) is 11.5. The Labute approximate surface area is 116 Å². The molecule has 1 atom stereocenters. The SMILES string of the molecule is NNC(Cc1cccc(F)c1)c1ccc(Cl)cc1N. The van der Waals surface area contributed by atoms with Gasteiger partial charge in [0.2, 0.25) is 0 Å². The van der Waals surface area contributed by atoms with Gasteiger partial charge in [0, 0.05) is 10.7 Å². The van der Waals surface area contributed by atoms with Crippen molar-refractivity contribution >= 4 is 17.3 Å². The quantitative estimate of drug-likeness (QED) is 0.458. The van der Waals surface area contributed by atoms with Crippen LogP contribution in [0.2, 0.25) is 5.02 Å². The Hall–Kier alpha value is -1.62. The molecule has 0 aliphatic rings. The maximum atomic E-state index is 13.2. The first-order valence-corrected chi connectivity index (χ1v) is 6.23. The van der Waals surface area contributed by atoms with Gasteiger partial charge < -0.3 is 5.73 Å². The normalized spacial score (nSPS) is 12.4. The standard InChI is InChI=1S/C14H15ClFN3/c15-10-4-5-12(13(17)8-10)14(19-18)7-9-2-1-3-11(16)6-9/h1-6,8,14,19H,7,17-18H2. The molecule has 3 nitrogen and oxygen atoms in total. The van der Waals surface area contributed by atoms with Crippen molar-refractivity contribution in [2.75, 3.05) is 5.73 Å². The van der Waals surface area contributed by atoms with Crippen molar-refractivity contribution in [2.24, 2.45) is 5.84 Å². The summed E-state index contributed by atoms with van der Waals surface area (Å²) in [6.45, 7) is 0. The van der Waals surface area contributed by atoms with Crippen molar-refractivity contribution < 1.29 is 4.39 Å². The van der Waals surface area contributed by atoms with Crippen LogP contribution >= 0.6 is 11.6 Å². The zero-order valence-corrected chi connectivity index (χ0v) is 11.0. The minimum Gasteiger partial charge on any atom is -0.398 e. The molecule has 0 aromatic heterocycles. The fourth-order valence-corrected chi connectivity index (χ4v) is 2.20. The lowest BCUT2D eigenvalue weighted by Crippen LogP contribution is -2.30. The molecule has 100 valence electrons. The van der Waals surface area contributed by atoms with Gasteiger partial charge in [-0.1, -0.05) is 29.8 Å². The number of halogens is 2. The smallest absolute Gasteiger partial charge is 0.123 e. The maximum Gasteiger partial charge on any atom is 0.123 e. The molecule has 2 aromatic carbocycles. The third-order valence-electron chi connectivity index (χ3n) is 2.95. The molecule has 0 radical (unpaired) electrons. The van der Waals surface area contributed by atoms with E-state index in [0.29, 0.717) is 17.1 Å². The van der Waals surface area contributed by atoms with Crippen LogP contribution in [0.25, 0.3) is 0 Å². The summed E-state index contributed by atoms with van der Waals surface area (Å²) in [5.41, 5.74) is 10.9. The van der Waals surface area contributed by atoms with E-state index in [1.54, 1.807) is 18.2 Å². The molecule has 0 amide bonds. The van der Waals surface area contributed by atoms with Crippen LogP contribution in [0, 0.1) is 5.82 Å². The van der Waals surface area contributed by atoms with Crippen molar-refractivity contribution in [2.45, 2.75) is 12.5 Å². The maximum absolute atomic E-state index is 13.2. The molecule has 0 bridgehead atoms. The van der Waals surface area contributed by atoms with Gasteiger partial charge in [0.15, 0.2) is 0 Å². The van der Waals surface area contributed by atoms with E-state index in [0.717, 1.165) is 11.1 Å². The number of hydrazine groups is 1. The van der Waals surface area contributed by atoms with Crippen molar-refractivity contribution in [1.29, 1.82) is 0 Å². The van der Waals surface area contributed by atoms with Gasteiger partial charge in [-0.25, -0.2) is 4.39 Å². The lowest BCUT2D eigenvalue weighted by molar-refractivity contribution is 0.550. The Balaban J connectivity index is 2.25. The Kier molecular flexibility index (Phi) is 4.37. The Morgan fingerprint density at radius 3 is 2.63 bits per heavy atom. The summed E-state index contributed by atoms with van der Waals surface area (Å²) in [4.78, 5) is 0. The molecule has 1 unspecified atom stereocenters. The van der Waals surface area contributed by atoms with Crippen molar-refractivity contribution in [3.05, 3.63) is 64.4 Å². The number of nitrogens with one attached hydrogen (secondary N) is 1. The average Bonchev–Trinajstić information content (AvgIpc) is 2.37. The number of nitrogens with two attached hydrogens (primary N) is 2. The molecule has 2 aromatic rings. The van der Waals surface area contributed by atoms with Crippen LogP contribution in [0.1, 0.15) is 17.2 Å². The molecule has 0 saturated heterocycles. The predicted molar refractivity (Wildman–Crippen MR) is 76.0 cm³/mol. The number of benzene rings is 2. The molecule has 5 heteroatoms. The van der Waals surface area contributed by atoms with Crippen LogP contribution in [0.15, 0.2) is 42.5 Å². The molecule has 0 heterocycles. The molecule has 5 N–H and O–H groups in total. The lowest BCUT2D eigenvalue weighted by Gasteiger charge is -2.18. The van der Waals surface area contributed by atoms with Crippen LogP contribution in [-0.4, -0.2) is 0 Å². The molecule has 2 rings (SSSR count). The highest BCUT2D eigenvalue weighted by atomic mass is 35.5. The van der Waals surface area contributed by atoms with Gasteiger partial charge in [0.1, 0.15) is 5.82 Å². The second-order valence-corrected chi connectivity index (χ2v) is 4.76. The van der Waals surface area contributed by atoms with Gasteiger partial charge in [-0.05, 0) is 41.8 Å². The summed E-state index contributed by atoms with van der Waals surface area (Å²) in [5, 5.41) is 0.572. The molecule has 0 spiro atoms. The number of nitrogen functional groups attached to an aromatic ring is 1. The Bertz CT molecular complexity index is 574. The van der Waals surface area contributed by atoms with Gasteiger partial charge in [0.25, 0.3) is 0 Å². The zero-order chi connectivity index (χ0) is 13.8. The van der Waals surface area contributed by atoms with Crippen LogP contribution in [0.5, 0.6) is 0 Å². The van der Waals surface area contributed by atoms with Crippen LogP contribution < -0.4 is 17.0 Å². The minimum absolute atomic E-state index is 0.195. The number of hydrogen-bond donors (Lipinski definition) is 3. The molecule has 0 aliphatic carbocycles. The van der Waals surface area contributed by atoms with E-state index in [4.69, 9.17) is 23.2 Å². The number of anilines is 1. The third-order valence-corrected chi connectivity index (χ3v) is 3.19. The van der Waals surface area contributed by atoms with Gasteiger partial charge in [-0.15, -0.1) is 0 Å². The summed E-state index contributed by atoms with van der Waals surface area (Å²) >= 11 is 5.86. The lowest BCUT2D eigenvalue weighted by atomic mass is 9.98. The first-order valence-electron chi connectivity index (χ1n) is 5.85. The van der Waals surface area contributed by atoms with Gasteiger partial charge in [0.05, 0.1) is 6.04 Å². The van der Waals surface area contributed by atoms with E-state index < -0.39 is 0 Å². The van der Waals surface area contributed by atoms with Crippen molar-refractivity contribution in [3.8, 4) is 0 Å². The summed E-state index contributed by atoms with van der Waals surface area (Å²) < 4.78 is 13.2. The highest BCUT2D eigenvalue weighted by Gasteiger charge is 2.14. The van der Waals surface area contributed by atoms with E-state index in [9.17, 15) is 4.39 Å². The predicted octanol–water partition coefficient (Wildman–Crippen LogP) is 2.81. The fourth-order valence-electron chi connectivity index (χ4n) is 2.02. The first-order chi connectivity index (χ1) is 9.10. The highest BCUT2D eigenvalue weighted by Crippen LogP contribution is 2.26. The van der Waals surface area contributed by atoms with E-state index in [-0.39, 0.29) is 11.9 Å². The fraction of sp³-hybridized carbons (Fsp3) is 0.143. The molecular formula is C14H15ClFN3. The monoisotopic (exact) mass is 279 g/mol.